The summed E-state index contributed by atoms with van der Waals surface area (Å²) in [6.07, 6.45) is 1.28. The zero-order chi connectivity index (χ0) is 16.0. The van der Waals surface area contributed by atoms with Crippen molar-refractivity contribution in [1.29, 1.82) is 0 Å². The van der Waals surface area contributed by atoms with Gasteiger partial charge in [-0.25, -0.2) is 9.18 Å². The number of carboxylic acids is 1. The van der Waals surface area contributed by atoms with E-state index in [9.17, 15) is 14.0 Å². The van der Waals surface area contributed by atoms with Crippen LogP contribution in [0.2, 0.25) is 0 Å². The summed E-state index contributed by atoms with van der Waals surface area (Å²) in [5.41, 5.74) is -1.01. The third kappa shape index (κ3) is 5.25. The molecule has 1 rings (SSSR count). The number of ether oxygens (including phenoxy) is 1. The van der Waals surface area contributed by atoms with Crippen molar-refractivity contribution in [3.63, 3.8) is 0 Å². The molecule has 114 valence electrons. The van der Waals surface area contributed by atoms with Crippen molar-refractivity contribution in [2.45, 2.75) is 32.8 Å². The highest BCUT2D eigenvalue weighted by atomic mass is 19.1. The molecule has 0 aromatic heterocycles. The van der Waals surface area contributed by atoms with Gasteiger partial charge in [0, 0.05) is 17.8 Å². The summed E-state index contributed by atoms with van der Waals surface area (Å²) in [6.45, 7) is 4.75. The molecule has 2 N–H and O–H groups in total. The van der Waals surface area contributed by atoms with E-state index in [0.29, 0.717) is 6.42 Å². The minimum atomic E-state index is -1.28. The van der Waals surface area contributed by atoms with E-state index in [4.69, 9.17) is 9.84 Å². The first-order valence-electron chi connectivity index (χ1n) is 6.44. The highest BCUT2D eigenvalue weighted by Crippen LogP contribution is 2.19. The number of nitrogens with one attached hydrogen (secondary N) is 1. The number of rotatable bonds is 6. The van der Waals surface area contributed by atoms with Crippen LogP contribution in [0.4, 0.5) is 4.39 Å². The average Bonchev–Trinajstić information content (AvgIpc) is 2.36. The molecular formula is C15H18FNO4. The van der Waals surface area contributed by atoms with Crippen molar-refractivity contribution < 1.29 is 23.8 Å². The van der Waals surface area contributed by atoms with Gasteiger partial charge in [0.1, 0.15) is 11.6 Å². The van der Waals surface area contributed by atoms with E-state index in [1.165, 1.54) is 38.1 Å². The summed E-state index contributed by atoms with van der Waals surface area (Å²) in [5, 5.41) is 11.2. The normalized spacial score (nSPS) is 11.9. The van der Waals surface area contributed by atoms with Gasteiger partial charge in [-0.3, -0.25) is 4.79 Å². The molecule has 1 aromatic rings. The molecule has 1 amide bonds. The SMILES string of the molecule is CC/C(=C\C(=O)O)NC(=O)C(C)(C)Oc1cccc(F)c1. The average molecular weight is 295 g/mol. The summed E-state index contributed by atoms with van der Waals surface area (Å²) in [6, 6.07) is 5.44. The topological polar surface area (TPSA) is 75.6 Å². The Morgan fingerprint density at radius 2 is 2.10 bits per heavy atom. The molecule has 0 spiro atoms. The van der Waals surface area contributed by atoms with Crippen LogP contribution in [-0.2, 0) is 9.59 Å². The highest BCUT2D eigenvalue weighted by Gasteiger charge is 2.30. The molecule has 0 aliphatic heterocycles. The Balaban J connectivity index is 2.82. The van der Waals surface area contributed by atoms with Crippen LogP contribution in [0.3, 0.4) is 0 Å². The molecule has 0 saturated carbocycles. The molecule has 0 aliphatic carbocycles. The number of carboxylic acid groups (broad SMARTS) is 1. The molecule has 0 radical (unpaired) electrons. The van der Waals surface area contributed by atoms with Gasteiger partial charge in [0.15, 0.2) is 5.60 Å². The molecule has 5 nitrogen and oxygen atoms in total. The summed E-state index contributed by atoms with van der Waals surface area (Å²) >= 11 is 0. The second-order valence-corrected chi connectivity index (χ2v) is 4.89. The number of hydrogen-bond acceptors (Lipinski definition) is 3. The Bertz CT molecular complexity index is 567. The van der Waals surface area contributed by atoms with Crippen molar-refractivity contribution in [2.75, 3.05) is 0 Å². The Morgan fingerprint density at radius 1 is 1.43 bits per heavy atom. The quantitative estimate of drug-likeness (QED) is 0.791. The summed E-state index contributed by atoms with van der Waals surface area (Å²) in [4.78, 5) is 22.8. The second-order valence-electron chi connectivity index (χ2n) is 4.89. The fourth-order valence-electron chi connectivity index (χ4n) is 1.54. The predicted molar refractivity (Wildman–Crippen MR) is 75.3 cm³/mol. The van der Waals surface area contributed by atoms with E-state index >= 15 is 0 Å². The predicted octanol–water partition coefficient (Wildman–Crippen LogP) is 2.48. The van der Waals surface area contributed by atoms with Gasteiger partial charge < -0.3 is 15.2 Å². The van der Waals surface area contributed by atoms with E-state index in [1.807, 2.05) is 0 Å². The van der Waals surface area contributed by atoms with Gasteiger partial charge in [0.2, 0.25) is 0 Å². The molecule has 0 fully saturated rings. The van der Waals surface area contributed by atoms with Gasteiger partial charge in [-0.05, 0) is 32.4 Å². The number of carbonyl (C=O) groups is 2. The zero-order valence-electron chi connectivity index (χ0n) is 12.1. The number of allylic oxidation sites excluding steroid dienone is 1. The minimum absolute atomic E-state index is 0.218. The smallest absolute Gasteiger partial charge is 0.330 e. The van der Waals surface area contributed by atoms with Crippen molar-refractivity contribution in [3.8, 4) is 5.75 Å². The van der Waals surface area contributed by atoms with Crippen LogP contribution in [0.25, 0.3) is 0 Å². The molecule has 0 atom stereocenters. The lowest BCUT2D eigenvalue weighted by Gasteiger charge is -2.25. The van der Waals surface area contributed by atoms with E-state index in [2.05, 4.69) is 5.32 Å². The number of halogens is 1. The van der Waals surface area contributed by atoms with Crippen LogP contribution >= 0.6 is 0 Å². The van der Waals surface area contributed by atoms with Crippen LogP contribution in [0, 0.1) is 5.82 Å². The molecular weight excluding hydrogens is 277 g/mol. The molecule has 21 heavy (non-hydrogen) atoms. The van der Waals surface area contributed by atoms with E-state index < -0.39 is 23.3 Å². The molecule has 1 aromatic carbocycles. The van der Waals surface area contributed by atoms with Crippen LogP contribution < -0.4 is 10.1 Å². The molecule has 0 unspecified atom stereocenters. The van der Waals surface area contributed by atoms with Gasteiger partial charge in [0.05, 0.1) is 0 Å². The van der Waals surface area contributed by atoms with Crippen molar-refractivity contribution >= 4 is 11.9 Å². The molecule has 0 heterocycles. The standard InChI is InChI=1S/C15H18FNO4/c1-4-11(9-13(18)19)17-14(20)15(2,3)21-12-7-5-6-10(16)8-12/h5-9H,4H2,1-3H3,(H,17,20)(H,18,19)/b11-9+. The Kier molecular flexibility index (Phi) is 5.46. The van der Waals surface area contributed by atoms with Gasteiger partial charge in [-0.1, -0.05) is 13.0 Å². The molecule has 0 saturated heterocycles. The monoisotopic (exact) mass is 295 g/mol. The Labute approximate surface area is 122 Å². The van der Waals surface area contributed by atoms with Crippen LogP contribution in [0.5, 0.6) is 5.75 Å². The number of amides is 1. The fraction of sp³-hybridized carbons (Fsp3) is 0.333. The molecule has 6 heteroatoms. The number of aliphatic carboxylic acids is 1. The first kappa shape index (κ1) is 16.7. The van der Waals surface area contributed by atoms with Crippen LogP contribution in [-0.4, -0.2) is 22.6 Å². The Morgan fingerprint density at radius 3 is 2.62 bits per heavy atom. The minimum Gasteiger partial charge on any atom is -0.478 e. The largest absolute Gasteiger partial charge is 0.478 e. The third-order valence-electron chi connectivity index (χ3n) is 2.67. The lowest BCUT2D eigenvalue weighted by atomic mass is 10.1. The van der Waals surface area contributed by atoms with Gasteiger partial charge >= 0.3 is 5.97 Å². The summed E-state index contributed by atoms with van der Waals surface area (Å²) in [5.74, 6) is -1.91. The lowest BCUT2D eigenvalue weighted by Crippen LogP contribution is -2.46. The van der Waals surface area contributed by atoms with Crippen LogP contribution in [0.15, 0.2) is 36.0 Å². The first-order chi connectivity index (χ1) is 9.74. The first-order valence-corrected chi connectivity index (χ1v) is 6.44. The van der Waals surface area contributed by atoms with E-state index in [0.717, 1.165) is 6.08 Å². The summed E-state index contributed by atoms with van der Waals surface area (Å²) in [7, 11) is 0. The third-order valence-corrected chi connectivity index (χ3v) is 2.67. The van der Waals surface area contributed by atoms with Gasteiger partial charge in [-0.2, -0.15) is 0 Å². The highest BCUT2D eigenvalue weighted by molar-refractivity contribution is 5.88. The molecule has 0 aliphatic rings. The lowest BCUT2D eigenvalue weighted by molar-refractivity contribution is -0.133. The van der Waals surface area contributed by atoms with Gasteiger partial charge in [0.25, 0.3) is 5.91 Å². The van der Waals surface area contributed by atoms with Crippen molar-refractivity contribution in [1.82, 2.24) is 5.32 Å². The fourth-order valence-corrected chi connectivity index (χ4v) is 1.54. The van der Waals surface area contributed by atoms with Crippen molar-refractivity contribution in [2.24, 2.45) is 0 Å². The van der Waals surface area contributed by atoms with Crippen molar-refractivity contribution in [3.05, 3.63) is 41.9 Å². The van der Waals surface area contributed by atoms with E-state index in [1.54, 1.807) is 6.92 Å². The summed E-state index contributed by atoms with van der Waals surface area (Å²) < 4.78 is 18.6. The maximum absolute atomic E-state index is 13.1. The van der Waals surface area contributed by atoms with E-state index in [-0.39, 0.29) is 11.4 Å². The number of hydrogen-bond donors (Lipinski definition) is 2. The zero-order valence-corrected chi connectivity index (χ0v) is 12.1. The van der Waals surface area contributed by atoms with Gasteiger partial charge in [-0.15, -0.1) is 0 Å². The maximum Gasteiger partial charge on any atom is 0.330 e. The Hall–Kier alpha value is -2.37. The molecule has 0 bridgehead atoms. The van der Waals surface area contributed by atoms with Crippen LogP contribution in [0.1, 0.15) is 27.2 Å². The number of carbonyl (C=O) groups excluding carboxylic acids is 1. The second kappa shape index (κ2) is 6.88. The number of benzene rings is 1. The maximum atomic E-state index is 13.1.